The molecular formula is C10H14N2O4S. The molecule has 0 aliphatic heterocycles. The number of carbonyl (C=O) groups excluding carboxylic acids is 2. The summed E-state index contributed by atoms with van der Waals surface area (Å²) in [5.41, 5.74) is 0. The van der Waals surface area contributed by atoms with Gasteiger partial charge in [-0.25, -0.2) is 9.78 Å². The Bertz CT molecular complexity index is 391. The maximum Gasteiger partial charge on any atom is 0.349 e. The van der Waals surface area contributed by atoms with Crippen molar-refractivity contribution < 1.29 is 19.1 Å². The third-order valence-corrected chi connectivity index (χ3v) is 2.74. The first kappa shape index (κ1) is 13.4. The van der Waals surface area contributed by atoms with Gasteiger partial charge in [-0.05, 0) is 6.92 Å². The fourth-order valence-electron chi connectivity index (χ4n) is 1.06. The highest BCUT2D eigenvalue weighted by atomic mass is 32.1. The molecule has 1 aromatic rings. The van der Waals surface area contributed by atoms with Gasteiger partial charge in [-0.1, -0.05) is 11.3 Å². The number of carbonyl (C=O) groups is 2. The van der Waals surface area contributed by atoms with Crippen LogP contribution in [0.4, 0.5) is 5.13 Å². The van der Waals surface area contributed by atoms with Crippen LogP contribution in [0.25, 0.3) is 0 Å². The van der Waals surface area contributed by atoms with E-state index in [1.807, 2.05) is 0 Å². The number of nitrogens with zero attached hydrogens (tertiary/aromatic N) is 1. The molecule has 1 rings (SSSR count). The number of methoxy groups -OCH3 is 1. The molecule has 0 bridgehead atoms. The molecule has 0 unspecified atom stereocenters. The van der Waals surface area contributed by atoms with Crippen molar-refractivity contribution in [2.45, 2.75) is 13.3 Å². The topological polar surface area (TPSA) is 77.5 Å². The number of esters is 2. The zero-order chi connectivity index (χ0) is 12.7. The summed E-state index contributed by atoms with van der Waals surface area (Å²) in [5, 5.41) is 3.51. The highest BCUT2D eigenvalue weighted by Crippen LogP contribution is 2.18. The lowest BCUT2D eigenvalue weighted by Gasteiger charge is -2.02. The van der Waals surface area contributed by atoms with Crippen LogP contribution in [0.2, 0.25) is 0 Å². The van der Waals surface area contributed by atoms with Crippen molar-refractivity contribution in [1.82, 2.24) is 4.98 Å². The summed E-state index contributed by atoms with van der Waals surface area (Å²) in [4.78, 5) is 26.6. The molecule has 0 saturated carbocycles. The number of aromatic nitrogens is 1. The lowest BCUT2D eigenvalue weighted by atomic mass is 10.4. The molecule has 0 fully saturated rings. The Morgan fingerprint density at radius 3 is 2.94 bits per heavy atom. The van der Waals surface area contributed by atoms with Crippen LogP contribution in [0, 0.1) is 0 Å². The summed E-state index contributed by atoms with van der Waals surface area (Å²) in [6.45, 7) is 2.56. The van der Waals surface area contributed by atoms with Crippen molar-refractivity contribution >= 4 is 28.4 Å². The molecule has 0 spiro atoms. The maximum absolute atomic E-state index is 11.1. The molecule has 0 radical (unpaired) electrons. The van der Waals surface area contributed by atoms with Crippen molar-refractivity contribution in [2.75, 3.05) is 25.6 Å². The van der Waals surface area contributed by atoms with Crippen LogP contribution in [-0.4, -0.2) is 37.2 Å². The smallest absolute Gasteiger partial charge is 0.349 e. The molecule has 0 aliphatic carbocycles. The van der Waals surface area contributed by atoms with E-state index < -0.39 is 5.97 Å². The largest absolute Gasteiger partial charge is 0.466 e. The summed E-state index contributed by atoms with van der Waals surface area (Å²) in [6, 6.07) is 0. The molecule has 94 valence electrons. The number of ether oxygens (including phenoxy) is 2. The molecule has 0 atom stereocenters. The van der Waals surface area contributed by atoms with Crippen molar-refractivity contribution in [2.24, 2.45) is 0 Å². The van der Waals surface area contributed by atoms with Crippen molar-refractivity contribution in [3.05, 3.63) is 11.1 Å². The number of rotatable bonds is 6. The van der Waals surface area contributed by atoms with E-state index in [0.29, 0.717) is 23.2 Å². The van der Waals surface area contributed by atoms with Crippen molar-refractivity contribution in [3.63, 3.8) is 0 Å². The van der Waals surface area contributed by atoms with Gasteiger partial charge in [0.15, 0.2) is 5.13 Å². The van der Waals surface area contributed by atoms with Gasteiger partial charge in [-0.15, -0.1) is 0 Å². The van der Waals surface area contributed by atoms with Crippen molar-refractivity contribution in [1.29, 1.82) is 0 Å². The summed E-state index contributed by atoms with van der Waals surface area (Å²) < 4.78 is 9.32. The minimum atomic E-state index is -0.416. The Morgan fingerprint density at radius 2 is 2.29 bits per heavy atom. The molecular weight excluding hydrogens is 244 g/mol. The molecule has 0 aliphatic rings. The summed E-state index contributed by atoms with van der Waals surface area (Å²) in [7, 11) is 1.32. The van der Waals surface area contributed by atoms with E-state index in [-0.39, 0.29) is 12.4 Å². The number of thiazole rings is 1. The standard InChI is InChI=1S/C10H14N2O4S/c1-3-16-8(13)4-5-11-10-12-6-7(17-10)9(14)15-2/h6H,3-5H2,1-2H3,(H,11,12). The van der Waals surface area contributed by atoms with E-state index in [9.17, 15) is 9.59 Å². The number of hydrogen-bond donors (Lipinski definition) is 1. The average Bonchev–Trinajstić information content (AvgIpc) is 2.77. The first-order chi connectivity index (χ1) is 8.17. The number of hydrogen-bond acceptors (Lipinski definition) is 7. The summed E-state index contributed by atoms with van der Waals surface area (Å²) in [6.07, 6.45) is 1.70. The monoisotopic (exact) mass is 258 g/mol. The zero-order valence-corrected chi connectivity index (χ0v) is 10.5. The lowest BCUT2D eigenvalue weighted by Crippen LogP contribution is -2.11. The van der Waals surface area contributed by atoms with E-state index in [1.165, 1.54) is 24.6 Å². The second-order valence-electron chi connectivity index (χ2n) is 3.00. The second-order valence-corrected chi connectivity index (χ2v) is 4.03. The molecule has 0 aromatic carbocycles. The van der Waals surface area contributed by atoms with E-state index in [2.05, 4.69) is 15.0 Å². The normalized spacial score (nSPS) is 9.76. The third kappa shape index (κ3) is 4.39. The molecule has 6 nitrogen and oxygen atoms in total. The molecule has 17 heavy (non-hydrogen) atoms. The minimum absolute atomic E-state index is 0.259. The SMILES string of the molecule is CCOC(=O)CCNc1ncc(C(=O)OC)s1. The lowest BCUT2D eigenvalue weighted by molar-refractivity contribution is -0.142. The van der Waals surface area contributed by atoms with Gasteiger partial charge in [0.25, 0.3) is 0 Å². The van der Waals surface area contributed by atoms with Crippen LogP contribution >= 0.6 is 11.3 Å². The van der Waals surface area contributed by atoms with Gasteiger partial charge in [0, 0.05) is 6.54 Å². The third-order valence-electron chi connectivity index (χ3n) is 1.80. The molecule has 7 heteroatoms. The van der Waals surface area contributed by atoms with Crippen molar-refractivity contribution in [3.8, 4) is 0 Å². The Morgan fingerprint density at radius 1 is 1.53 bits per heavy atom. The van der Waals surface area contributed by atoms with E-state index in [1.54, 1.807) is 6.92 Å². The van der Waals surface area contributed by atoms with Gasteiger partial charge >= 0.3 is 11.9 Å². The first-order valence-corrected chi connectivity index (χ1v) is 5.92. The van der Waals surface area contributed by atoms with Gasteiger partial charge in [0.1, 0.15) is 4.88 Å². The van der Waals surface area contributed by atoms with Crippen LogP contribution in [0.5, 0.6) is 0 Å². The molecule has 0 amide bonds. The van der Waals surface area contributed by atoms with Gasteiger partial charge in [-0.2, -0.15) is 0 Å². The van der Waals surface area contributed by atoms with Gasteiger partial charge in [0.05, 0.1) is 26.3 Å². The zero-order valence-electron chi connectivity index (χ0n) is 9.69. The highest BCUT2D eigenvalue weighted by Gasteiger charge is 2.10. The number of anilines is 1. The Kier molecular flexibility index (Phi) is 5.41. The average molecular weight is 258 g/mol. The number of nitrogens with one attached hydrogen (secondary N) is 1. The van der Waals surface area contributed by atoms with E-state index >= 15 is 0 Å². The van der Waals surface area contributed by atoms with Crippen LogP contribution in [-0.2, 0) is 14.3 Å². The Balaban J connectivity index is 2.35. The van der Waals surface area contributed by atoms with Gasteiger partial charge in [-0.3, -0.25) is 4.79 Å². The fourth-order valence-corrected chi connectivity index (χ4v) is 1.82. The quantitative estimate of drug-likeness (QED) is 0.775. The first-order valence-electron chi connectivity index (χ1n) is 5.11. The summed E-state index contributed by atoms with van der Waals surface area (Å²) in [5.74, 6) is -0.675. The van der Waals surface area contributed by atoms with Crippen LogP contribution in [0.3, 0.4) is 0 Å². The maximum atomic E-state index is 11.1. The predicted molar refractivity (Wildman–Crippen MR) is 63.2 cm³/mol. The Hall–Kier alpha value is -1.63. The van der Waals surface area contributed by atoms with Crippen LogP contribution in [0.1, 0.15) is 23.0 Å². The molecule has 1 heterocycles. The van der Waals surface area contributed by atoms with E-state index in [0.717, 1.165) is 0 Å². The van der Waals surface area contributed by atoms with Gasteiger partial charge in [0.2, 0.25) is 0 Å². The van der Waals surface area contributed by atoms with Crippen LogP contribution < -0.4 is 5.32 Å². The van der Waals surface area contributed by atoms with Gasteiger partial charge < -0.3 is 14.8 Å². The highest BCUT2D eigenvalue weighted by molar-refractivity contribution is 7.17. The molecule has 1 N–H and O–H groups in total. The molecule has 0 saturated heterocycles. The van der Waals surface area contributed by atoms with Crippen LogP contribution in [0.15, 0.2) is 6.20 Å². The summed E-state index contributed by atoms with van der Waals surface area (Å²) >= 11 is 1.18. The minimum Gasteiger partial charge on any atom is -0.466 e. The molecule has 1 aromatic heterocycles. The second kappa shape index (κ2) is 6.85. The fraction of sp³-hybridized carbons (Fsp3) is 0.500. The van der Waals surface area contributed by atoms with E-state index in [4.69, 9.17) is 4.74 Å². The Labute approximate surface area is 103 Å². The predicted octanol–water partition coefficient (Wildman–Crippen LogP) is 1.29.